The van der Waals surface area contributed by atoms with E-state index in [1.54, 1.807) is 23.0 Å². The molecule has 2 aromatic heterocycles. The van der Waals surface area contributed by atoms with Crippen molar-refractivity contribution in [3.63, 3.8) is 0 Å². The van der Waals surface area contributed by atoms with E-state index in [1.807, 2.05) is 61.5 Å². The summed E-state index contributed by atoms with van der Waals surface area (Å²) in [5, 5.41) is 4.12. The lowest BCUT2D eigenvalue weighted by atomic mass is 10.0. The minimum absolute atomic E-state index is 0.101. The number of benzene rings is 3. The van der Waals surface area contributed by atoms with E-state index in [0.717, 1.165) is 47.7 Å². The molecule has 0 spiro atoms. The highest BCUT2D eigenvalue weighted by molar-refractivity contribution is 7.99. The zero-order valence-electron chi connectivity index (χ0n) is 22.9. The van der Waals surface area contributed by atoms with Crippen LogP contribution in [0.4, 0.5) is 5.69 Å². The van der Waals surface area contributed by atoms with Gasteiger partial charge in [-0.1, -0.05) is 59.8 Å². The van der Waals surface area contributed by atoms with Crippen molar-refractivity contribution in [2.45, 2.75) is 31.6 Å². The number of hydrogen-bond acceptors (Lipinski definition) is 7. The van der Waals surface area contributed by atoms with E-state index in [4.69, 9.17) is 9.72 Å². The van der Waals surface area contributed by atoms with Crippen LogP contribution in [0, 0.1) is 6.92 Å². The third kappa shape index (κ3) is 5.93. The molecule has 9 heteroatoms. The first-order valence-electron chi connectivity index (χ1n) is 13.5. The van der Waals surface area contributed by atoms with Crippen LogP contribution in [0.15, 0.2) is 88.8 Å². The maximum absolute atomic E-state index is 14.1. The third-order valence-corrected chi connectivity index (χ3v) is 9.22. The lowest BCUT2D eigenvalue weighted by molar-refractivity contribution is -0.113. The number of thiophene rings is 1. The summed E-state index contributed by atoms with van der Waals surface area (Å²) >= 11 is 2.85. The molecule has 0 saturated heterocycles. The van der Waals surface area contributed by atoms with Gasteiger partial charge in [0.1, 0.15) is 10.6 Å². The van der Waals surface area contributed by atoms with Crippen molar-refractivity contribution < 1.29 is 9.53 Å². The molecular weight excluding hydrogens is 553 g/mol. The van der Waals surface area contributed by atoms with Gasteiger partial charge in [0.25, 0.3) is 5.56 Å². The summed E-state index contributed by atoms with van der Waals surface area (Å²) in [4.78, 5) is 36.3. The van der Waals surface area contributed by atoms with Crippen LogP contribution in [0.1, 0.15) is 21.6 Å². The molecule has 3 heterocycles. The van der Waals surface area contributed by atoms with Crippen LogP contribution in [0.25, 0.3) is 15.9 Å². The summed E-state index contributed by atoms with van der Waals surface area (Å²) in [7, 11) is 1.61. The number of aromatic nitrogens is 2. The molecule has 0 atom stereocenters. The number of methoxy groups -OCH3 is 1. The Morgan fingerprint density at radius 1 is 1.05 bits per heavy atom. The van der Waals surface area contributed by atoms with E-state index in [-0.39, 0.29) is 17.2 Å². The van der Waals surface area contributed by atoms with Crippen molar-refractivity contribution in [1.82, 2.24) is 14.5 Å². The molecule has 6 rings (SSSR count). The molecule has 0 saturated carbocycles. The highest BCUT2D eigenvalue weighted by atomic mass is 32.2. The Labute approximate surface area is 246 Å². The van der Waals surface area contributed by atoms with Gasteiger partial charge >= 0.3 is 0 Å². The molecule has 41 heavy (non-hydrogen) atoms. The number of aryl methyl sites for hydroxylation is 1. The number of rotatable bonds is 8. The van der Waals surface area contributed by atoms with Gasteiger partial charge in [-0.15, -0.1) is 11.3 Å². The third-order valence-electron chi connectivity index (χ3n) is 7.17. The van der Waals surface area contributed by atoms with Crippen LogP contribution in [-0.2, 0) is 24.3 Å². The van der Waals surface area contributed by atoms with E-state index in [1.165, 1.54) is 22.2 Å². The maximum atomic E-state index is 14.1. The Balaban J connectivity index is 1.33. The number of ether oxygens (including phenoxy) is 1. The Kier molecular flexibility index (Phi) is 7.91. The largest absolute Gasteiger partial charge is 0.497 e. The van der Waals surface area contributed by atoms with Crippen LogP contribution >= 0.6 is 23.1 Å². The van der Waals surface area contributed by atoms with Crippen molar-refractivity contribution in [1.29, 1.82) is 0 Å². The van der Waals surface area contributed by atoms with Gasteiger partial charge in [0, 0.05) is 30.2 Å². The summed E-state index contributed by atoms with van der Waals surface area (Å²) in [6, 6.07) is 25.5. The summed E-state index contributed by atoms with van der Waals surface area (Å²) in [6.07, 6.45) is 0.799. The number of fused-ring (bicyclic) bond motifs is 3. The van der Waals surface area contributed by atoms with Gasteiger partial charge in [0.05, 0.1) is 23.9 Å². The van der Waals surface area contributed by atoms with E-state index in [2.05, 4.69) is 34.5 Å². The number of anilines is 1. The molecule has 3 aromatic carbocycles. The number of hydrogen-bond donors (Lipinski definition) is 1. The number of carbonyl (C=O) groups is 1. The second kappa shape index (κ2) is 11.9. The van der Waals surface area contributed by atoms with Gasteiger partial charge < -0.3 is 10.1 Å². The van der Waals surface area contributed by atoms with Crippen molar-refractivity contribution in [2.24, 2.45) is 0 Å². The molecule has 0 aliphatic carbocycles. The molecule has 5 aromatic rings. The highest BCUT2D eigenvalue weighted by Gasteiger charge is 2.26. The topological polar surface area (TPSA) is 76.5 Å². The molecule has 7 nitrogen and oxygen atoms in total. The SMILES string of the molecule is COc1ccc(-n2c(SCC(=O)Nc3ccc(C)cc3)nc3sc4c(c3c2=O)CCN(Cc2ccccc2)C4)cc1. The van der Waals surface area contributed by atoms with Gasteiger partial charge in [-0.25, -0.2) is 4.98 Å². The van der Waals surface area contributed by atoms with E-state index in [9.17, 15) is 9.59 Å². The van der Waals surface area contributed by atoms with Gasteiger partial charge in [0.2, 0.25) is 5.91 Å². The molecule has 0 bridgehead atoms. The fourth-order valence-corrected chi connectivity index (χ4v) is 7.19. The predicted molar refractivity (Wildman–Crippen MR) is 167 cm³/mol. The number of carbonyl (C=O) groups excluding carboxylic acids is 1. The zero-order valence-corrected chi connectivity index (χ0v) is 24.6. The summed E-state index contributed by atoms with van der Waals surface area (Å²) in [5.41, 5.74) is 4.83. The highest BCUT2D eigenvalue weighted by Crippen LogP contribution is 2.35. The molecule has 1 aliphatic rings. The fourth-order valence-electron chi connectivity index (χ4n) is 5.07. The number of nitrogens with zero attached hydrogens (tertiary/aromatic N) is 3. The summed E-state index contributed by atoms with van der Waals surface area (Å²) in [6.45, 7) is 4.54. The van der Waals surface area contributed by atoms with Crippen LogP contribution in [0.3, 0.4) is 0 Å². The smallest absolute Gasteiger partial charge is 0.267 e. The van der Waals surface area contributed by atoms with Crippen LogP contribution in [-0.4, -0.2) is 39.8 Å². The molecule has 208 valence electrons. The monoisotopic (exact) mass is 582 g/mol. The summed E-state index contributed by atoms with van der Waals surface area (Å²) < 4.78 is 6.96. The average molecular weight is 583 g/mol. The van der Waals surface area contributed by atoms with Crippen molar-refractivity contribution in [2.75, 3.05) is 24.7 Å². The molecule has 1 N–H and O–H groups in total. The second-order valence-corrected chi connectivity index (χ2v) is 12.1. The molecule has 1 aliphatic heterocycles. The molecule has 0 fully saturated rings. The van der Waals surface area contributed by atoms with Crippen molar-refractivity contribution >= 4 is 44.9 Å². The van der Waals surface area contributed by atoms with E-state index >= 15 is 0 Å². The van der Waals surface area contributed by atoms with Gasteiger partial charge in [0.15, 0.2) is 5.16 Å². The zero-order chi connectivity index (χ0) is 28.3. The Hall–Kier alpha value is -3.92. The minimum Gasteiger partial charge on any atom is -0.497 e. The van der Waals surface area contributed by atoms with Gasteiger partial charge in [-0.05, 0) is 60.9 Å². The Bertz CT molecular complexity index is 1750. The Morgan fingerprint density at radius 2 is 1.80 bits per heavy atom. The lowest BCUT2D eigenvalue weighted by Crippen LogP contribution is -2.30. The first kappa shape index (κ1) is 27.3. The van der Waals surface area contributed by atoms with Crippen LogP contribution in [0.2, 0.25) is 0 Å². The van der Waals surface area contributed by atoms with Crippen molar-refractivity contribution in [3.8, 4) is 11.4 Å². The minimum atomic E-state index is -0.156. The fraction of sp³-hybridized carbons (Fsp3) is 0.219. The van der Waals surface area contributed by atoms with Gasteiger partial charge in [-0.2, -0.15) is 0 Å². The second-order valence-electron chi connectivity index (χ2n) is 10.1. The normalized spacial score (nSPS) is 13.2. The van der Waals surface area contributed by atoms with Crippen molar-refractivity contribution in [3.05, 3.63) is 111 Å². The number of nitrogens with one attached hydrogen (secondary N) is 1. The van der Waals surface area contributed by atoms with Crippen LogP contribution < -0.4 is 15.6 Å². The molecule has 0 unspecified atom stereocenters. The van der Waals surface area contributed by atoms with Crippen LogP contribution in [0.5, 0.6) is 5.75 Å². The van der Waals surface area contributed by atoms with E-state index < -0.39 is 0 Å². The number of amides is 1. The maximum Gasteiger partial charge on any atom is 0.267 e. The van der Waals surface area contributed by atoms with Gasteiger partial charge in [-0.3, -0.25) is 19.1 Å². The molecule has 0 radical (unpaired) electrons. The summed E-state index contributed by atoms with van der Waals surface area (Å²) in [5.74, 6) is 0.670. The average Bonchev–Trinajstić information content (AvgIpc) is 3.36. The quantitative estimate of drug-likeness (QED) is 0.177. The number of thioether (sulfide) groups is 1. The molecule has 1 amide bonds. The van der Waals surface area contributed by atoms with E-state index in [0.29, 0.717) is 22.0 Å². The first-order chi connectivity index (χ1) is 20.0. The molecular formula is C32H30N4O3S2. The predicted octanol–water partition coefficient (Wildman–Crippen LogP) is 6.05. The first-order valence-corrected chi connectivity index (χ1v) is 15.3. The Morgan fingerprint density at radius 3 is 2.54 bits per heavy atom. The lowest BCUT2D eigenvalue weighted by Gasteiger charge is -2.26. The standard InChI is InChI=1S/C32H30N4O3S2/c1-21-8-10-23(11-9-21)33-28(37)20-40-32-34-30-29(31(38)36(32)24-12-14-25(39-2)15-13-24)26-16-17-35(19-27(26)41-30)18-22-6-4-3-5-7-22/h3-15H,16-20H2,1-2H3,(H,33,37).